The zero-order chi connectivity index (χ0) is 7.73. The fourth-order valence-electron chi connectivity index (χ4n) is 2.17. The number of hydrogen-bond acceptors (Lipinski definition) is 2. The lowest BCUT2D eigenvalue weighted by molar-refractivity contribution is 0.0250. The predicted molar refractivity (Wildman–Crippen MR) is 42.3 cm³/mol. The van der Waals surface area contributed by atoms with E-state index in [1.165, 1.54) is 25.7 Å². The van der Waals surface area contributed by atoms with E-state index in [0.717, 1.165) is 19.1 Å². The molecular weight excluding hydrogens is 140 g/mol. The summed E-state index contributed by atoms with van der Waals surface area (Å²) < 4.78 is 5.29. The van der Waals surface area contributed by atoms with E-state index in [1.54, 1.807) is 0 Å². The van der Waals surface area contributed by atoms with Crippen molar-refractivity contribution in [3.63, 3.8) is 0 Å². The van der Waals surface area contributed by atoms with Gasteiger partial charge in [-0.1, -0.05) is 0 Å². The second-order valence-corrected chi connectivity index (χ2v) is 3.91. The third-order valence-corrected chi connectivity index (χ3v) is 3.29. The average molecular weight is 156 g/mol. The molecule has 2 rings (SSSR count). The Morgan fingerprint density at radius 1 is 1.27 bits per heavy atom. The average Bonchev–Trinajstić information content (AvgIpc) is 2.86. The largest absolute Gasteiger partial charge is 0.396 e. The summed E-state index contributed by atoms with van der Waals surface area (Å²) in [7, 11) is 0. The van der Waals surface area contributed by atoms with Crippen LogP contribution in [0, 0.1) is 11.3 Å². The number of aliphatic hydroxyl groups is 1. The van der Waals surface area contributed by atoms with Gasteiger partial charge in [0.15, 0.2) is 0 Å². The van der Waals surface area contributed by atoms with Crippen LogP contribution >= 0.6 is 0 Å². The van der Waals surface area contributed by atoms with Crippen molar-refractivity contribution in [2.45, 2.75) is 25.7 Å². The molecular formula is C9H16O2. The summed E-state index contributed by atoms with van der Waals surface area (Å²) in [6.45, 7) is 2.22. The Balaban J connectivity index is 1.92. The van der Waals surface area contributed by atoms with Crippen molar-refractivity contribution in [2.75, 3.05) is 19.8 Å². The van der Waals surface area contributed by atoms with E-state index in [1.807, 2.05) is 0 Å². The molecule has 0 radical (unpaired) electrons. The van der Waals surface area contributed by atoms with Crippen molar-refractivity contribution in [1.29, 1.82) is 0 Å². The van der Waals surface area contributed by atoms with Crippen molar-refractivity contribution >= 4 is 0 Å². The van der Waals surface area contributed by atoms with Gasteiger partial charge in [0.05, 0.1) is 0 Å². The maximum Gasteiger partial charge on any atom is 0.0490 e. The fraction of sp³-hybridized carbons (Fsp3) is 1.00. The first-order chi connectivity index (χ1) is 5.37. The molecule has 0 aromatic carbocycles. The molecule has 0 aromatic heterocycles. The van der Waals surface area contributed by atoms with E-state index >= 15 is 0 Å². The Morgan fingerprint density at radius 2 is 1.91 bits per heavy atom. The number of rotatable bonds is 2. The van der Waals surface area contributed by atoms with Crippen LogP contribution in [0.15, 0.2) is 0 Å². The Labute approximate surface area is 67.6 Å². The van der Waals surface area contributed by atoms with Crippen LogP contribution in [-0.4, -0.2) is 24.9 Å². The van der Waals surface area contributed by atoms with Crippen LogP contribution in [0.4, 0.5) is 0 Å². The highest BCUT2D eigenvalue weighted by molar-refractivity contribution is 4.98. The molecule has 0 unspecified atom stereocenters. The van der Waals surface area contributed by atoms with Crippen molar-refractivity contribution in [3.05, 3.63) is 0 Å². The zero-order valence-electron chi connectivity index (χ0n) is 6.88. The van der Waals surface area contributed by atoms with E-state index in [2.05, 4.69) is 0 Å². The molecule has 1 saturated heterocycles. The fourth-order valence-corrected chi connectivity index (χ4v) is 2.17. The molecule has 2 aliphatic rings. The van der Waals surface area contributed by atoms with Gasteiger partial charge in [-0.3, -0.25) is 0 Å². The maximum atomic E-state index is 9.17. The standard InChI is InChI=1S/C9H16O2/c10-7-9(3-4-9)8-1-5-11-6-2-8/h8,10H,1-7H2. The molecule has 0 aromatic rings. The third-order valence-electron chi connectivity index (χ3n) is 3.29. The number of ether oxygens (including phenoxy) is 1. The molecule has 1 aliphatic carbocycles. The molecule has 2 fully saturated rings. The normalized spacial score (nSPS) is 30.3. The smallest absolute Gasteiger partial charge is 0.0490 e. The van der Waals surface area contributed by atoms with E-state index in [-0.39, 0.29) is 0 Å². The summed E-state index contributed by atoms with van der Waals surface area (Å²) in [4.78, 5) is 0. The Kier molecular flexibility index (Phi) is 1.90. The molecule has 0 amide bonds. The van der Waals surface area contributed by atoms with Gasteiger partial charge >= 0.3 is 0 Å². The lowest BCUT2D eigenvalue weighted by Crippen LogP contribution is -2.26. The zero-order valence-corrected chi connectivity index (χ0v) is 6.88. The molecule has 1 saturated carbocycles. The Morgan fingerprint density at radius 3 is 2.36 bits per heavy atom. The van der Waals surface area contributed by atoms with Crippen LogP contribution < -0.4 is 0 Å². The van der Waals surface area contributed by atoms with Gasteiger partial charge < -0.3 is 9.84 Å². The van der Waals surface area contributed by atoms with Gasteiger partial charge in [0.2, 0.25) is 0 Å². The van der Waals surface area contributed by atoms with Crippen LogP contribution in [-0.2, 0) is 4.74 Å². The Hall–Kier alpha value is -0.0800. The minimum atomic E-state index is 0.337. The van der Waals surface area contributed by atoms with Gasteiger partial charge in [0.25, 0.3) is 0 Å². The summed E-state index contributed by atoms with van der Waals surface area (Å²) >= 11 is 0. The summed E-state index contributed by atoms with van der Waals surface area (Å²) in [5.74, 6) is 0.751. The highest BCUT2D eigenvalue weighted by Gasteiger charge is 2.48. The number of hydrogen-bond donors (Lipinski definition) is 1. The lowest BCUT2D eigenvalue weighted by atomic mass is 9.84. The quantitative estimate of drug-likeness (QED) is 0.650. The molecule has 0 bridgehead atoms. The minimum absolute atomic E-state index is 0.337. The van der Waals surface area contributed by atoms with Gasteiger partial charge in [0, 0.05) is 19.8 Å². The first-order valence-electron chi connectivity index (χ1n) is 4.56. The summed E-state index contributed by atoms with van der Waals surface area (Å²) in [5, 5.41) is 9.17. The summed E-state index contributed by atoms with van der Waals surface area (Å²) in [5.41, 5.74) is 0.337. The van der Waals surface area contributed by atoms with E-state index in [9.17, 15) is 0 Å². The summed E-state index contributed by atoms with van der Waals surface area (Å²) in [6, 6.07) is 0. The molecule has 2 heteroatoms. The van der Waals surface area contributed by atoms with E-state index in [0.29, 0.717) is 12.0 Å². The molecule has 1 heterocycles. The maximum absolute atomic E-state index is 9.17. The molecule has 11 heavy (non-hydrogen) atoms. The van der Waals surface area contributed by atoms with Gasteiger partial charge in [0.1, 0.15) is 0 Å². The molecule has 1 N–H and O–H groups in total. The molecule has 2 nitrogen and oxygen atoms in total. The monoisotopic (exact) mass is 156 g/mol. The van der Waals surface area contributed by atoms with Crippen molar-refractivity contribution in [1.82, 2.24) is 0 Å². The first kappa shape index (κ1) is 7.56. The minimum Gasteiger partial charge on any atom is -0.396 e. The number of aliphatic hydroxyl groups excluding tert-OH is 1. The topological polar surface area (TPSA) is 29.5 Å². The van der Waals surface area contributed by atoms with Gasteiger partial charge in [-0.05, 0) is 37.0 Å². The lowest BCUT2D eigenvalue weighted by Gasteiger charge is -2.28. The molecule has 1 aliphatic heterocycles. The third kappa shape index (κ3) is 1.30. The highest BCUT2D eigenvalue weighted by atomic mass is 16.5. The van der Waals surface area contributed by atoms with E-state index in [4.69, 9.17) is 9.84 Å². The van der Waals surface area contributed by atoms with Crippen LogP contribution in [0.1, 0.15) is 25.7 Å². The molecule has 64 valence electrons. The highest BCUT2D eigenvalue weighted by Crippen LogP contribution is 2.54. The molecule has 0 atom stereocenters. The SMILES string of the molecule is OCC1(C2CCOCC2)CC1. The van der Waals surface area contributed by atoms with Gasteiger partial charge in [-0.25, -0.2) is 0 Å². The van der Waals surface area contributed by atoms with Gasteiger partial charge in [-0.2, -0.15) is 0 Å². The van der Waals surface area contributed by atoms with Crippen LogP contribution in [0.25, 0.3) is 0 Å². The summed E-state index contributed by atoms with van der Waals surface area (Å²) in [6.07, 6.45) is 4.82. The van der Waals surface area contributed by atoms with Crippen LogP contribution in [0.5, 0.6) is 0 Å². The van der Waals surface area contributed by atoms with Crippen molar-refractivity contribution in [2.24, 2.45) is 11.3 Å². The molecule has 0 spiro atoms. The Bertz CT molecular complexity index is 134. The second kappa shape index (κ2) is 2.76. The second-order valence-electron chi connectivity index (χ2n) is 3.91. The van der Waals surface area contributed by atoms with Crippen LogP contribution in [0.3, 0.4) is 0 Å². The van der Waals surface area contributed by atoms with E-state index < -0.39 is 0 Å². The van der Waals surface area contributed by atoms with Crippen molar-refractivity contribution < 1.29 is 9.84 Å². The first-order valence-corrected chi connectivity index (χ1v) is 4.56. The van der Waals surface area contributed by atoms with Crippen LogP contribution in [0.2, 0.25) is 0 Å². The van der Waals surface area contributed by atoms with Crippen molar-refractivity contribution in [3.8, 4) is 0 Å². The predicted octanol–water partition coefficient (Wildman–Crippen LogP) is 1.19. The van der Waals surface area contributed by atoms with Gasteiger partial charge in [-0.15, -0.1) is 0 Å².